The summed E-state index contributed by atoms with van der Waals surface area (Å²) in [6, 6.07) is 12.3. The van der Waals surface area contributed by atoms with E-state index in [0.717, 1.165) is 13.1 Å². The number of amides is 2. The van der Waals surface area contributed by atoms with E-state index in [1.54, 1.807) is 42.2 Å². The molecule has 1 aliphatic heterocycles. The topological polar surface area (TPSA) is 79.0 Å². The van der Waals surface area contributed by atoms with Crippen LogP contribution in [0.5, 0.6) is 0 Å². The van der Waals surface area contributed by atoms with E-state index >= 15 is 0 Å². The van der Waals surface area contributed by atoms with Gasteiger partial charge in [-0.05, 0) is 50.3 Å². The van der Waals surface area contributed by atoms with Crippen molar-refractivity contribution in [1.82, 2.24) is 4.90 Å². The predicted molar refractivity (Wildman–Crippen MR) is 125 cm³/mol. The number of carbonyl (C=O) groups excluding carboxylic acids is 2. The highest BCUT2D eigenvalue weighted by Gasteiger charge is 2.32. The smallest absolute Gasteiger partial charge is 0.411 e. The van der Waals surface area contributed by atoms with E-state index in [2.05, 4.69) is 24.1 Å². The van der Waals surface area contributed by atoms with Crippen LogP contribution in [0.25, 0.3) is 0 Å². The van der Waals surface area contributed by atoms with Crippen LogP contribution in [0.2, 0.25) is 0 Å². The Labute approximate surface area is 191 Å². The third kappa shape index (κ3) is 5.44. The van der Waals surface area contributed by atoms with Crippen LogP contribution in [0.1, 0.15) is 27.2 Å². The largest absolute Gasteiger partial charge is 0.450 e. The maximum Gasteiger partial charge on any atom is 0.411 e. The van der Waals surface area contributed by atoms with Gasteiger partial charge in [-0.3, -0.25) is 15.0 Å². The Morgan fingerprint density at radius 2 is 1.71 bits per heavy atom. The molecule has 1 heterocycles. The standard InChI is InChI=1S/C22H27N3O4S.ClH/c1-4-24(5-2)14-13-21(26)25-17-9-7-8-10-19(17)30(28)20-12-11-16(15-18(20)25)23-22(27)29-6-3;/h7-12,15H,4-6,13-14H2,1-3H3,(H,23,27);1H. The van der Waals surface area contributed by atoms with Gasteiger partial charge >= 0.3 is 6.09 Å². The summed E-state index contributed by atoms with van der Waals surface area (Å²) in [4.78, 5) is 30.1. The molecule has 0 saturated heterocycles. The van der Waals surface area contributed by atoms with Gasteiger partial charge in [0, 0.05) is 18.7 Å². The van der Waals surface area contributed by atoms with Crippen LogP contribution in [0.15, 0.2) is 52.3 Å². The van der Waals surface area contributed by atoms with Crippen LogP contribution in [0.4, 0.5) is 21.9 Å². The minimum atomic E-state index is -1.42. The molecule has 3 rings (SSSR count). The fourth-order valence-electron chi connectivity index (χ4n) is 3.43. The van der Waals surface area contributed by atoms with Crippen molar-refractivity contribution in [2.24, 2.45) is 0 Å². The molecule has 0 fully saturated rings. The van der Waals surface area contributed by atoms with Crippen molar-refractivity contribution in [3.05, 3.63) is 42.5 Å². The van der Waals surface area contributed by atoms with Crippen LogP contribution in [-0.4, -0.2) is 47.4 Å². The summed E-state index contributed by atoms with van der Waals surface area (Å²) >= 11 is 0. The van der Waals surface area contributed by atoms with Gasteiger partial charge in [0.1, 0.15) is 0 Å². The molecule has 1 unspecified atom stereocenters. The second-order valence-electron chi connectivity index (χ2n) is 6.77. The van der Waals surface area contributed by atoms with Crippen molar-refractivity contribution in [3.63, 3.8) is 0 Å². The molecule has 0 radical (unpaired) electrons. The lowest BCUT2D eigenvalue weighted by Crippen LogP contribution is -2.34. The Hall–Kier alpha value is -2.42. The van der Waals surface area contributed by atoms with Crippen LogP contribution < -0.4 is 10.2 Å². The first-order chi connectivity index (χ1) is 14.5. The number of benzene rings is 2. The Morgan fingerprint density at radius 3 is 2.39 bits per heavy atom. The van der Waals surface area contributed by atoms with Crippen LogP contribution in [0.3, 0.4) is 0 Å². The molecule has 1 aliphatic rings. The number of fused-ring (bicyclic) bond motifs is 2. The summed E-state index contributed by atoms with van der Waals surface area (Å²) in [6.45, 7) is 8.49. The Morgan fingerprint density at radius 1 is 1.03 bits per heavy atom. The van der Waals surface area contributed by atoms with Gasteiger partial charge in [0.2, 0.25) is 5.91 Å². The molecule has 168 valence electrons. The monoisotopic (exact) mass is 465 g/mol. The average molecular weight is 466 g/mol. The van der Waals surface area contributed by atoms with Gasteiger partial charge in [-0.2, -0.15) is 0 Å². The summed E-state index contributed by atoms with van der Waals surface area (Å²) in [7, 11) is -1.42. The molecule has 0 bridgehead atoms. The number of hydrogen-bond donors (Lipinski definition) is 1. The zero-order valence-corrected chi connectivity index (χ0v) is 19.6. The molecule has 2 aromatic carbocycles. The Kier molecular flexibility index (Phi) is 9.03. The van der Waals surface area contributed by atoms with Crippen LogP contribution in [-0.2, 0) is 20.3 Å². The van der Waals surface area contributed by atoms with E-state index in [0.29, 0.717) is 39.8 Å². The first-order valence-corrected chi connectivity index (χ1v) is 11.3. The third-order valence-electron chi connectivity index (χ3n) is 5.01. The first-order valence-electron chi connectivity index (χ1n) is 10.1. The molecular weight excluding hydrogens is 438 g/mol. The summed E-state index contributed by atoms with van der Waals surface area (Å²) in [5, 5.41) is 2.65. The minimum Gasteiger partial charge on any atom is -0.450 e. The molecule has 2 amide bonds. The molecule has 0 aliphatic carbocycles. The van der Waals surface area contributed by atoms with Gasteiger partial charge in [0.15, 0.2) is 0 Å². The summed E-state index contributed by atoms with van der Waals surface area (Å²) in [5.41, 5.74) is 1.61. The number of ether oxygens (including phenoxy) is 1. The highest BCUT2D eigenvalue weighted by Crippen LogP contribution is 2.43. The Balaban J connectivity index is 0.00000341. The quantitative estimate of drug-likeness (QED) is 0.648. The average Bonchev–Trinajstić information content (AvgIpc) is 2.74. The number of anilines is 3. The maximum atomic E-state index is 13.3. The molecule has 31 heavy (non-hydrogen) atoms. The number of nitrogens with one attached hydrogen (secondary N) is 1. The lowest BCUT2D eigenvalue weighted by atomic mass is 10.2. The summed E-state index contributed by atoms with van der Waals surface area (Å²) < 4.78 is 18.1. The SMILES string of the molecule is CCOC(=O)Nc1ccc2c(c1)N(C(=O)CCN(CC)CC)c1ccccc1S2=O.Cl. The molecule has 2 aromatic rings. The molecular formula is C22H28ClN3O4S. The molecule has 0 spiro atoms. The van der Waals surface area contributed by atoms with E-state index in [1.165, 1.54) is 0 Å². The number of rotatable bonds is 7. The molecule has 0 aromatic heterocycles. The van der Waals surface area contributed by atoms with Crippen molar-refractivity contribution in [2.45, 2.75) is 37.0 Å². The van der Waals surface area contributed by atoms with Crippen molar-refractivity contribution in [2.75, 3.05) is 36.5 Å². The number of hydrogen-bond acceptors (Lipinski definition) is 5. The lowest BCUT2D eigenvalue weighted by molar-refractivity contribution is -0.118. The first kappa shape index (κ1) is 24.8. The fraction of sp³-hybridized carbons (Fsp3) is 0.364. The lowest BCUT2D eigenvalue weighted by Gasteiger charge is -2.32. The molecule has 1 N–H and O–H groups in total. The van der Waals surface area contributed by atoms with E-state index < -0.39 is 16.9 Å². The number of halogens is 1. The normalized spacial score (nSPS) is 14.3. The van der Waals surface area contributed by atoms with Gasteiger partial charge in [0.05, 0.1) is 38.6 Å². The Bertz CT molecular complexity index is 966. The van der Waals surface area contributed by atoms with E-state index in [4.69, 9.17) is 4.74 Å². The van der Waals surface area contributed by atoms with Gasteiger partial charge < -0.3 is 9.64 Å². The van der Waals surface area contributed by atoms with Crippen molar-refractivity contribution < 1.29 is 18.5 Å². The zero-order valence-electron chi connectivity index (χ0n) is 17.9. The molecule has 1 atom stereocenters. The van der Waals surface area contributed by atoms with Crippen LogP contribution >= 0.6 is 12.4 Å². The second kappa shape index (κ2) is 11.3. The summed E-state index contributed by atoms with van der Waals surface area (Å²) in [6.07, 6.45) is -0.244. The van der Waals surface area contributed by atoms with Crippen molar-refractivity contribution in [1.29, 1.82) is 0 Å². The fourth-order valence-corrected chi connectivity index (χ4v) is 4.75. The van der Waals surface area contributed by atoms with Crippen molar-refractivity contribution >= 4 is 52.3 Å². The number of para-hydroxylation sites is 1. The predicted octanol–water partition coefficient (Wildman–Crippen LogP) is 4.55. The third-order valence-corrected chi connectivity index (χ3v) is 6.50. The van der Waals surface area contributed by atoms with Gasteiger partial charge in [-0.15, -0.1) is 12.4 Å². The van der Waals surface area contributed by atoms with Crippen molar-refractivity contribution in [3.8, 4) is 0 Å². The second-order valence-corrected chi connectivity index (χ2v) is 8.19. The molecule has 7 nitrogen and oxygen atoms in total. The zero-order chi connectivity index (χ0) is 21.7. The highest BCUT2D eigenvalue weighted by molar-refractivity contribution is 7.85. The van der Waals surface area contributed by atoms with Gasteiger partial charge in [-0.1, -0.05) is 26.0 Å². The van der Waals surface area contributed by atoms with E-state index in [9.17, 15) is 13.8 Å². The summed E-state index contributed by atoms with van der Waals surface area (Å²) in [5.74, 6) is -0.0828. The maximum absolute atomic E-state index is 13.3. The minimum absolute atomic E-state index is 0. The van der Waals surface area contributed by atoms with E-state index in [-0.39, 0.29) is 24.9 Å². The highest BCUT2D eigenvalue weighted by atomic mass is 35.5. The number of nitrogens with zero attached hydrogens (tertiary/aromatic N) is 2. The van der Waals surface area contributed by atoms with E-state index in [1.807, 2.05) is 12.1 Å². The molecule has 0 saturated carbocycles. The molecule has 9 heteroatoms. The van der Waals surface area contributed by atoms with Crippen LogP contribution in [0, 0.1) is 0 Å². The number of carbonyl (C=O) groups is 2. The van der Waals surface area contributed by atoms with Gasteiger partial charge in [-0.25, -0.2) is 9.00 Å². The van der Waals surface area contributed by atoms with Gasteiger partial charge in [0.25, 0.3) is 0 Å².